The zero-order valence-corrected chi connectivity index (χ0v) is 19.7. The monoisotopic (exact) mass is 443 g/mol. The molecule has 178 valence electrons. The fourth-order valence-electron chi connectivity index (χ4n) is 4.57. The number of amides is 3. The first-order valence-corrected chi connectivity index (χ1v) is 12.5. The molecule has 2 aliphatic heterocycles. The van der Waals surface area contributed by atoms with Gasteiger partial charge in [0.25, 0.3) is 0 Å². The van der Waals surface area contributed by atoms with Crippen molar-refractivity contribution in [1.82, 2.24) is 25.3 Å². The molecule has 32 heavy (non-hydrogen) atoms. The molecule has 2 N–H and O–H groups in total. The van der Waals surface area contributed by atoms with E-state index >= 15 is 0 Å². The molecule has 2 saturated heterocycles. The molecule has 0 radical (unpaired) electrons. The van der Waals surface area contributed by atoms with Gasteiger partial charge in [0.2, 0.25) is 5.91 Å². The molecule has 2 heterocycles. The highest BCUT2D eigenvalue weighted by Gasteiger charge is 2.23. The van der Waals surface area contributed by atoms with Crippen molar-refractivity contribution in [1.29, 1.82) is 0 Å². The molecular formula is C25H41N5O2. The number of likely N-dealkylation sites (N-methyl/N-ethyl adjacent to an activating group) is 1. The van der Waals surface area contributed by atoms with Crippen LogP contribution in [0.5, 0.6) is 0 Å². The van der Waals surface area contributed by atoms with Gasteiger partial charge in [-0.1, -0.05) is 43.7 Å². The number of carbonyl (C=O) groups is 2. The third-order valence-corrected chi connectivity index (χ3v) is 6.68. The molecule has 0 saturated carbocycles. The van der Waals surface area contributed by atoms with Crippen molar-refractivity contribution < 1.29 is 9.59 Å². The zero-order valence-electron chi connectivity index (χ0n) is 19.7. The summed E-state index contributed by atoms with van der Waals surface area (Å²) in [6, 6.07) is 9.61. The number of piperazine rings is 1. The normalized spacial score (nSPS) is 19.4. The zero-order chi connectivity index (χ0) is 22.6. The molecule has 7 nitrogen and oxygen atoms in total. The van der Waals surface area contributed by atoms with Gasteiger partial charge in [-0.25, -0.2) is 4.79 Å². The number of urea groups is 1. The molecule has 7 heteroatoms. The lowest BCUT2D eigenvalue weighted by molar-refractivity contribution is -0.131. The van der Waals surface area contributed by atoms with Crippen molar-refractivity contribution >= 4 is 11.9 Å². The molecule has 1 aromatic rings. The minimum Gasteiger partial charge on any atom is -0.340 e. The summed E-state index contributed by atoms with van der Waals surface area (Å²) in [4.78, 5) is 32.0. The lowest BCUT2D eigenvalue weighted by Gasteiger charge is -2.34. The van der Waals surface area contributed by atoms with Crippen LogP contribution >= 0.6 is 0 Å². The first-order valence-electron chi connectivity index (χ1n) is 12.5. The van der Waals surface area contributed by atoms with Crippen LogP contribution in [0.2, 0.25) is 0 Å². The van der Waals surface area contributed by atoms with Crippen LogP contribution in [0.3, 0.4) is 0 Å². The van der Waals surface area contributed by atoms with Crippen LogP contribution in [0, 0.1) is 0 Å². The van der Waals surface area contributed by atoms with Crippen LogP contribution in [-0.4, -0.2) is 85.5 Å². The van der Waals surface area contributed by atoms with E-state index in [9.17, 15) is 9.59 Å². The fraction of sp³-hybridized carbons (Fsp3) is 0.680. The molecular weight excluding hydrogens is 402 g/mol. The van der Waals surface area contributed by atoms with Crippen molar-refractivity contribution in [3.63, 3.8) is 0 Å². The third-order valence-electron chi connectivity index (χ3n) is 6.68. The average Bonchev–Trinajstić information content (AvgIpc) is 3.03. The number of benzene rings is 1. The molecule has 3 rings (SSSR count). The Labute approximate surface area is 193 Å². The van der Waals surface area contributed by atoms with E-state index in [1.165, 1.54) is 0 Å². The van der Waals surface area contributed by atoms with Crippen molar-refractivity contribution in [3.8, 4) is 0 Å². The molecule has 0 aromatic heterocycles. The maximum absolute atomic E-state index is 12.6. The number of rotatable bonds is 10. The fourth-order valence-corrected chi connectivity index (χ4v) is 4.57. The van der Waals surface area contributed by atoms with Gasteiger partial charge >= 0.3 is 6.03 Å². The second-order valence-electron chi connectivity index (χ2n) is 9.00. The van der Waals surface area contributed by atoms with Crippen LogP contribution in [0.1, 0.15) is 57.1 Å². The molecule has 1 unspecified atom stereocenters. The van der Waals surface area contributed by atoms with Crippen molar-refractivity contribution in [2.75, 3.05) is 58.9 Å². The summed E-state index contributed by atoms with van der Waals surface area (Å²) in [5.41, 5.74) is 1.03. The Morgan fingerprint density at radius 3 is 2.47 bits per heavy atom. The Hall–Kier alpha value is -2.12. The van der Waals surface area contributed by atoms with E-state index in [1.807, 2.05) is 35.2 Å². The molecule has 0 bridgehead atoms. The minimum atomic E-state index is -0.201. The smallest absolute Gasteiger partial charge is 0.315 e. The predicted molar refractivity (Wildman–Crippen MR) is 129 cm³/mol. The van der Waals surface area contributed by atoms with E-state index in [-0.39, 0.29) is 18.0 Å². The van der Waals surface area contributed by atoms with Gasteiger partial charge in [0.05, 0.1) is 6.04 Å². The van der Waals surface area contributed by atoms with Gasteiger partial charge < -0.3 is 25.3 Å². The molecule has 0 spiro atoms. The van der Waals surface area contributed by atoms with Crippen molar-refractivity contribution in [2.24, 2.45) is 0 Å². The van der Waals surface area contributed by atoms with Crippen molar-refractivity contribution in [2.45, 2.75) is 51.5 Å². The van der Waals surface area contributed by atoms with Gasteiger partial charge in [0.1, 0.15) is 0 Å². The number of hydrogen-bond donors (Lipinski definition) is 2. The molecule has 1 atom stereocenters. The van der Waals surface area contributed by atoms with Gasteiger partial charge in [0, 0.05) is 52.2 Å². The molecule has 1 aromatic carbocycles. The largest absolute Gasteiger partial charge is 0.340 e. The highest BCUT2D eigenvalue weighted by molar-refractivity contribution is 5.77. The van der Waals surface area contributed by atoms with E-state index in [2.05, 4.69) is 27.4 Å². The van der Waals surface area contributed by atoms with E-state index in [0.29, 0.717) is 19.5 Å². The number of likely N-dealkylation sites (tertiary alicyclic amines) is 1. The van der Waals surface area contributed by atoms with E-state index in [4.69, 9.17) is 0 Å². The SMILES string of the molecule is CCN1CCN(CCCCNC(=O)NC(CN2CCCCCC2=O)c2ccccc2)CC1. The summed E-state index contributed by atoms with van der Waals surface area (Å²) < 4.78 is 0. The Balaban J connectivity index is 1.41. The number of nitrogens with zero attached hydrogens (tertiary/aromatic N) is 3. The summed E-state index contributed by atoms with van der Waals surface area (Å²) >= 11 is 0. The first kappa shape index (κ1) is 24.5. The number of unbranched alkanes of at least 4 members (excludes halogenated alkanes) is 1. The lowest BCUT2D eigenvalue weighted by atomic mass is 10.1. The minimum absolute atomic E-state index is 0.155. The van der Waals surface area contributed by atoms with Gasteiger partial charge in [-0.3, -0.25) is 4.79 Å². The Morgan fingerprint density at radius 2 is 1.72 bits per heavy atom. The Morgan fingerprint density at radius 1 is 0.969 bits per heavy atom. The van der Waals surface area contributed by atoms with Gasteiger partial charge in [0.15, 0.2) is 0 Å². The van der Waals surface area contributed by atoms with Crippen LogP contribution in [0.15, 0.2) is 30.3 Å². The van der Waals surface area contributed by atoms with E-state index in [1.54, 1.807) is 0 Å². The highest BCUT2D eigenvalue weighted by atomic mass is 16.2. The molecule has 0 aliphatic carbocycles. The average molecular weight is 444 g/mol. The van der Waals surface area contributed by atoms with Gasteiger partial charge in [-0.05, 0) is 44.3 Å². The highest BCUT2D eigenvalue weighted by Crippen LogP contribution is 2.18. The quantitative estimate of drug-likeness (QED) is 0.546. The molecule has 2 aliphatic rings. The number of hydrogen-bond acceptors (Lipinski definition) is 4. The Kier molecular flexibility index (Phi) is 10.3. The van der Waals surface area contributed by atoms with Crippen LogP contribution in [0.4, 0.5) is 4.79 Å². The second-order valence-corrected chi connectivity index (χ2v) is 9.00. The lowest BCUT2D eigenvalue weighted by Crippen LogP contribution is -2.46. The van der Waals surface area contributed by atoms with E-state index < -0.39 is 0 Å². The third kappa shape index (κ3) is 8.10. The molecule has 3 amide bonds. The second kappa shape index (κ2) is 13.4. The summed E-state index contributed by atoms with van der Waals surface area (Å²) in [5.74, 6) is 0.199. The maximum atomic E-state index is 12.6. The summed E-state index contributed by atoms with van der Waals surface area (Å²) in [7, 11) is 0. The maximum Gasteiger partial charge on any atom is 0.315 e. The predicted octanol–water partition coefficient (Wildman–Crippen LogP) is 2.85. The first-order chi connectivity index (χ1) is 15.7. The number of nitrogens with one attached hydrogen (secondary N) is 2. The summed E-state index contributed by atoms with van der Waals surface area (Å²) in [6.45, 7) is 11.1. The summed E-state index contributed by atoms with van der Waals surface area (Å²) in [5, 5.41) is 6.13. The van der Waals surface area contributed by atoms with Gasteiger partial charge in [-0.15, -0.1) is 0 Å². The number of carbonyl (C=O) groups excluding carboxylic acids is 2. The van der Waals surface area contributed by atoms with Crippen LogP contribution in [0.25, 0.3) is 0 Å². The van der Waals surface area contributed by atoms with Crippen LogP contribution < -0.4 is 10.6 Å². The molecule has 2 fully saturated rings. The summed E-state index contributed by atoms with van der Waals surface area (Å²) in [6.07, 6.45) is 5.78. The van der Waals surface area contributed by atoms with Crippen LogP contribution in [-0.2, 0) is 4.79 Å². The topological polar surface area (TPSA) is 67.9 Å². The van der Waals surface area contributed by atoms with Crippen molar-refractivity contribution in [3.05, 3.63) is 35.9 Å². The van der Waals surface area contributed by atoms with Gasteiger partial charge in [-0.2, -0.15) is 0 Å². The standard InChI is InChI=1S/C25H41N5O2/c1-2-28-17-19-29(20-18-28)15-10-8-14-26-25(32)27-23(22-11-5-3-6-12-22)21-30-16-9-4-7-13-24(30)31/h3,5-6,11-12,23H,2,4,7-10,13-21H2,1H3,(H2,26,27,32). The van der Waals surface area contributed by atoms with E-state index in [0.717, 1.165) is 83.5 Å². The Bertz CT molecular complexity index is 691.